The topological polar surface area (TPSA) is 35.5 Å². The van der Waals surface area contributed by atoms with Crippen LogP contribution in [0.3, 0.4) is 0 Å². The lowest BCUT2D eigenvalue weighted by Gasteiger charge is -2.10. The number of rotatable bonds is 8. The second-order valence-corrected chi connectivity index (χ2v) is 4.97. The van der Waals surface area contributed by atoms with Crippen LogP contribution in [0, 0.1) is 5.92 Å². The minimum Gasteiger partial charge on any atom is -0.494 e. The molecule has 1 atom stereocenters. The summed E-state index contributed by atoms with van der Waals surface area (Å²) in [7, 11) is 1.37. The number of halogens is 1. The van der Waals surface area contributed by atoms with Crippen molar-refractivity contribution in [3.05, 3.63) is 29.8 Å². The van der Waals surface area contributed by atoms with E-state index in [1.165, 1.54) is 7.11 Å². The van der Waals surface area contributed by atoms with E-state index in [9.17, 15) is 4.79 Å². The van der Waals surface area contributed by atoms with E-state index in [-0.39, 0.29) is 5.97 Å². The standard InChI is InChI=1S/C15H21ClO3/c1-12(9-10-16)4-3-11-19-14-7-5-13(6-8-14)15(17)18-2/h5-8,12H,3-4,9-11H2,1-2H3/t12-/m1/s1. The van der Waals surface area contributed by atoms with Crippen molar-refractivity contribution in [1.29, 1.82) is 0 Å². The largest absolute Gasteiger partial charge is 0.494 e. The summed E-state index contributed by atoms with van der Waals surface area (Å²) >= 11 is 5.69. The first-order chi connectivity index (χ1) is 9.17. The van der Waals surface area contributed by atoms with Crippen molar-refractivity contribution < 1.29 is 14.3 Å². The van der Waals surface area contributed by atoms with Gasteiger partial charge in [-0.05, 0) is 49.4 Å². The van der Waals surface area contributed by atoms with E-state index in [0.717, 1.165) is 30.9 Å². The number of ether oxygens (including phenoxy) is 2. The summed E-state index contributed by atoms with van der Waals surface area (Å²) in [6, 6.07) is 6.98. The van der Waals surface area contributed by atoms with Crippen molar-refractivity contribution in [2.24, 2.45) is 5.92 Å². The van der Waals surface area contributed by atoms with E-state index in [2.05, 4.69) is 11.7 Å². The molecule has 0 spiro atoms. The fraction of sp³-hybridized carbons (Fsp3) is 0.533. The number of alkyl halides is 1. The van der Waals surface area contributed by atoms with Gasteiger partial charge in [0.25, 0.3) is 0 Å². The molecular formula is C15H21ClO3. The zero-order valence-corrected chi connectivity index (χ0v) is 12.3. The van der Waals surface area contributed by atoms with Crippen LogP contribution in [0.5, 0.6) is 5.75 Å². The number of hydrogen-bond acceptors (Lipinski definition) is 3. The van der Waals surface area contributed by atoms with Crippen molar-refractivity contribution in [2.45, 2.75) is 26.2 Å². The van der Waals surface area contributed by atoms with Crippen molar-refractivity contribution >= 4 is 17.6 Å². The maximum Gasteiger partial charge on any atom is 0.337 e. The summed E-state index contributed by atoms with van der Waals surface area (Å²) in [6.07, 6.45) is 3.18. The second kappa shape index (κ2) is 8.81. The zero-order valence-electron chi connectivity index (χ0n) is 11.5. The molecule has 0 saturated heterocycles. The Morgan fingerprint density at radius 1 is 1.26 bits per heavy atom. The average molecular weight is 285 g/mol. The number of carbonyl (C=O) groups excluding carboxylic acids is 1. The van der Waals surface area contributed by atoms with Crippen molar-refractivity contribution in [2.75, 3.05) is 19.6 Å². The molecule has 0 radical (unpaired) electrons. The maximum atomic E-state index is 11.2. The van der Waals surface area contributed by atoms with Gasteiger partial charge in [0, 0.05) is 5.88 Å². The van der Waals surface area contributed by atoms with Crippen LogP contribution in [0.25, 0.3) is 0 Å². The normalized spacial score (nSPS) is 11.9. The Morgan fingerprint density at radius 3 is 2.53 bits per heavy atom. The van der Waals surface area contributed by atoms with E-state index < -0.39 is 0 Å². The van der Waals surface area contributed by atoms with Crippen LogP contribution in [0.15, 0.2) is 24.3 Å². The smallest absolute Gasteiger partial charge is 0.337 e. The van der Waals surface area contributed by atoms with Gasteiger partial charge >= 0.3 is 5.97 Å². The van der Waals surface area contributed by atoms with E-state index >= 15 is 0 Å². The predicted octanol–water partition coefficient (Wildman–Crippen LogP) is 3.90. The lowest BCUT2D eigenvalue weighted by atomic mass is 10.0. The highest BCUT2D eigenvalue weighted by atomic mass is 35.5. The molecule has 0 unspecified atom stereocenters. The molecule has 4 heteroatoms. The van der Waals surface area contributed by atoms with E-state index in [1.807, 2.05) is 0 Å². The molecule has 0 bridgehead atoms. The second-order valence-electron chi connectivity index (χ2n) is 4.59. The van der Waals surface area contributed by atoms with E-state index in [1.54, 1.807) is 24.3 Å². The van der Waals surface area contributed by atoms with Crippen LogP contribution in [-0.2, 0) is 4.74 Å². The SMILES string of the molecule is COC(=O)c1ccc(OCCC[C@@H](C)CCCl)cc1. The minimum absolute atomic E-state index is 0.332. The average Bonchev–Trinajstić information content (AvgIpc) is 2.44. The van der Waals surface area contributed by atoms with Gasteiger partial charge in [-0.2, -0.15) is 0 Å². The van der Waals surface area contributed by atoms with Gasteiger partial charge < -0.3 is 9.47 Å². The summed E-state index contributed by atoms with van der Waals surface area (Å²) in [4.78, 5) is 11.2. The number of hydrogen-bond donors (Lipinski definition) is 0. The highest BCUT2D eigenvalue weighted by Crippen LogP contribution is 2.15. The Hall–Kier alpha value is -1.22. The van der Waals surface area contributed by atoms with Crippen molar-refractivity contribution in [3.63, 3.8) is 0 Å². The molecule has 106 valence electrons. The molecule has 0 aromatic heterocycles. The molecular weight excluding hydrogens is 264 g/mol. The lowest BCUT2D eigenvalue weighted by molar-refractivity contribution is 0.0600. The number of esters is 1. The molecule has 1 aromatic rings. The molecule has 0 aliphatic carbocycles. The summed E-state index contributed by atoms with van der Waals surface area (Å²) < 4.78 is 10.3. The van der Waals surface area contributed by atoms with Gasteiger partial charge in [-0.15, -0.1) is 11.6 Å². The Kier molecular flexibility index (Phi) is 7.34. The molecule has 19 heavy (non-hydrogen) atoms. The minimum atomic E-state index is -0.332. The molecule has 1 aromatic carbocycles. The zero-order chi connectivity index (χ0) is 14.1. The quantitative estimate of drug-likeness (QED) is 0.413. The van der Waals surface area contributed by atoms with Gasteiger partial charge in [-0.25, -0.2) is 4.79 Å². The van der Waals surface area contributed by atoms with Crippen molar-refractivity contribution in [1.82, 2.24) is 0 Å². The highest BCUT2D eigenvalue weighted by molar-refractivity contribution is 6.17. The van der Waals surface area contributed by atoms with Crippen molar-refractivity contribution in [3.8, 4) is 5.75 Å². The summed E-state index contributed by atoms with van der Waals surface area (Å²) in [5, 5.41) is 0. The fourth-order valence-electron chi connectivity index (χ4n) is 1.76. The number of carbonyl (C=O) groups is 1. The van der Waals surface area contributed by atoms with Crippen LogP contribution in [-0.4, -0.2) is 25.6 Å². The van der Waals surface area contributed by atoms with Crippen LogP contribution < -0.4 is 4.74 Å². The van der Waals surface area contributed by atoms with Gasteiger partial charge in [0.05, 0.1) is 19.3 Å². The van der Waals surface area contributed by atoms with Crippen LogP contribution in [0.1, 0.15) is 36.5 Å². The molecule has 0 amide bonds. The van der Waals surface area contributed by atoms with Gasteiger partial charge in [-0.3, -0.25) is 0 Å². The first-order valence-electron chi connectivity index (χ1n) is 6.54. The van der Waals surface area contributed by atoms with Gasteiger partial charge in [-0.1, -0.05) is 6.92 Å². The highest BCUT2D eigenvalue weighted by Gasteiger charge is 2.05. The first-order valence-corrected chi connectivity index (χ1v) is 7.08. The van der Waals surface area contributed by atoms with Gasteiger partial charge in [0.1, 0.15) is 5.75 Å². The maximum absolute atomic E-state index is 11.2. The first kappa shape index (κ1) is 15.8. The molecule has 1 rings (SSSR count). The summed E-state index contributed by atoms with van der Waals surface area (Å²) in [5.41, 5.74) is 0.533. The third-order valence-electron chi connectivity index (χ3n) is 2.99. The molecule has 0 aliphatic rings. The molecule has 3 nitrogen and oxygen atoms in total. The number of methoxy groups -OCH3 is 1. The Balaban J connectivity index is 2.28. The summed E-state index contributed by atoms with van der Waals surface area (Å²) in [5.74, 6) is 1.80. The van der Waals surface area contributed by atoms with Gasteiger partial charge in [0.2, 0.25) is 0 Å². The lowest BCUT2D eigenvalue weighted by Crippen LogP contribution is -2.03. The molecule has 0 fully saturated rings. The van der Waals surface area contributed by atoms with E-state index in [0.29, 0.717) is 18.1 Å². The fourth-order valence-corrected chi connectivity index (χ4v) is 2.13. The Bertz CT molecular complexity index is 375. The molecule has 0 heterocycles. The van der Waals surface area contributed by atoms with E-state index in [4.69, 9.17) is 16.3 Å². The van der Waals surface area contributed by atoms with Crippen LogP contribution in [0.4, 0.5) is 0 Å². The molecule has 0 N–H and O–H groups in total. The van der Waals surface area contributed by atoms with Crippen LogP contribution in [0.2, 0.25) is 0 Å². The molecule has 0 aliphatic heterocycles. The summed E-state index contributed by atoms with van der Waals surface area (Å²) in [6.45, 7) is 2.89. The molecule has 0 saturated carbocycles. The van der Waals surface area contributed by atoms with Crippen LogP contribution >= 0.6 is 11.6 Å². The van der Waals surface area contributed by atoms with Gasteiger partial charge in [0.15, 0.2) is 0 Å². The Morgan fingerprint density at radius 2 is 1.95 bits per heavy atom. The third-order valence-corrected chi connectivity index (χ3v) is 3.21. The number of benzene rings is 1. The Labute approximate surface area is 119 Å². The predicted molar refractivity (Wildman–Crippen MR) is 77.0 cm³/mol. The third kappa shape index (κ3) is 5.97. The monoisotopic (exact) mass is 284 g/mol.